The number of phosphoric ester groups is 1. The average Bonchev–Trinajstić information content (AvgIpc) is 2.18. The van der Waals surface area contributed by atoms with Gasteiger partial charge in [-0.15, -0.1) is 0 Å². The van der Waals surface area contributed by atoms with Crippen LogP contribution >= 0.6 is 7.82 Å². The summed E-state index contributed by atoms with van der Waals surface area (Å²) in [5.74, 6) is -3.05. The van der Waals surface area contributed by atoms with Crippen LogP contribution < -0.4 is 0 Å². The highest BCUT2D eigenvalue weighted by Crippen LogP contribution is 2.45. The standard InChI is InChI=1S/C6H13O10P/c7-1-2-6(11,16-17(12,13)14)4(9)3(8)5(10)15-2/h2-5,7-11H,1H2,(H2,12,13,14)/t2-,3-,4+,5+,6-/m1/s1. The van der Waals surface area contributed by atoms with Crippen LogP contribution in [0.25, 0.3) is 0 Å². The first-order valence-electron chi connectivity index (χ1n) is 4.41. The highest BCUT2D eigenvalue weighted by atomic mass is 31.2. The predicted molar refractivity (Wildman–Crippen MR) is 48.1 cm³/mol. The van der Waals surface area contributed by atoms with Crippen molar-refractivity contribution in [2.75, 3.05) is 6.61 Å². The molecule has 1 saturated heterocycles. The monoisotopic (exact) mass is 276 g/mol. The van der Waals surface area contributed by atoms with Gasteiger partial charge >= 0.3 is 7.82 Å². The molecule has 10 nitrogen and oxygen atoms in total. The fourth-order valence-corrected chi connectivity index (χ4v) is 2.02. The third kappa shape index (κ3) is 3.01. The van der Waals surface area contributed by atoms with Crippen molar-refractivity contribution < 1.29 is 49.1 Å². The van der Waals surface area contributed by atoms with Gasteiger partial charge in [0.1, 0.15) is 18.3 Å². The second-order valence-electron chi connectivity index (χ2n) is 3.47. The Kier molecular flexibility index (Phi) is 4.27. The molecule has 11 heteroatoms. The van der Waals surface area contributed by atoms with E-state index in [0.717, 1.165) is 0 Å². The van der Waals surface area contributed by atoms with E-state index in [1.165, 1.54) is 0 Å². The van der Waals surface area contributed by atoms with Crippen LogP contribution in [0.2, 0.25) is 0 Å². The van der Waals surface area contributed by atoms with Crippen molar-refractivity contribution >= 4 is 7.82 Å². The zero-order chi connectivity index (χ0) is 13.4. The Morgan fingerprint density at radius 3 is 2.24 bits per heavy atom. The second-order valence-corrected chi connectivity index (χ2v) is 4.63. The molecule has 0 unspecified atom stereocenters. The molecule has 1 aliphatic rings. The molecular weight excluding hydrogens is 263 g/mol. The molecule has 1 rings (SSSR count). The van der Waals surface area contributed by atoms with Crippen LogP contribution in [-0.2, 0) is 13.8 Å². The Hall–Kier alpha value is -0.130. The van der Waals surface area contributed by atoms with E-state index in [2.05, 4.69) is 9.26 Å². The van der Waals surface area contributed by atoms with E-state index in [-0.39, 0.29) is 0 Å². The molecule has 1 fully saturated rings. The normalized spacial score (nSPS) is 43.7. The number of phosphoric acid groups is 1. The topological polar surface area (TPSA) is 177 Å². The van der Waals surface area contributed by atoms with E-state index in [0.29, 0.717) is 0 Å². The number of aliphatic hydroxyl groups excluding tert-OH is 4. The summed E-state index contributed by atoms with van der Waals surface area (Å²) in [4.78, 5) is 17.1. The summed E-state index contributed by atoms with van der Waals surface area (Å²) in [6, 6.07) is 0. The Morgan fingerprint density at radius 1 is 1.29 bits per heavy atom. The summed E-state index contributed by atoms with van der Waals surface area (Å²) in [6.07, 6.45) is -8.13. The molecule has 0 radical (unpaired) electrons. The maximum Gasteiger partial charge on any atom is 0.472 e. The number of hydrogen-bond donors (Lipinski definition) is 7. The van der Waals surface area contributed by atoms with Gasteiger partial charge in [0.15, 0.2) is 6.29 Å². The zero-order valence-corrected chi connectivity index (χ0v) is 9.21. The molecule has 0 aliphatic carbocycles. The van der Waals surface area contributed by atoms with Gasteiger partial charge in [-0.3, -0.25) is 0 Å². The van der Waals surface area contributed by atoms with Crippen molar-refractivity contribution in [1.82, 2.24) is 0 Å². The van der Waals surface area contributed by atoms with Crippen molar-refractivity contribution in [3.8, 4) is 0 Å². The van der Waals surface area contributed by atoms with Gasteiger partial charge in [0, 0.05) is 0 Å². The van der Waals surface area contributed by atoms with E-state index < -0.39 is 44.8 Å². The first-order valence-corrected chi connectivity index (χ1v) is 5.94. The van der Waals surface area contributed by atoms with Crippen LogP contribution in [0.4, 0.5) is 0 Å². The molecule has 0 amide bonds. The van der Waals surface area contributed by atoms with Crippen LogP contribution in [0.5, 0.6) is 0 Å². The smallest absolute Gasteiger partial charge is 0.393 e. The molecule has 5 atom stereocenters. The molecule has 1 aliphatic heterocycles. The van der Waals surface area contributed by atoms with Crippen LogP contribution in [0, 0.1) is 0 Å². The van der Waals surface area contributed by atoms with Gasteiger partial charge in [-0.1, -0.05) is 0 Å². The van der Waals surface area contributed by atoms with E-state index in [1.54, 1.807) is 0 Å². The number of hydrogen-bond acceptors (Lipinski definition) is 8. The number of rotatable bonds is 3. The minimum atomic E-state index is -5.23. The van der Waals surface area contributed by atoms with E-state index in [9.17, 15) is 19.9 Å². The Labute approximate surface area is 94.9 Å². The van der Waals surface area contributed by atoms with Gasteiger partial charge in [-0.2, -0.15) is 0 Å². The molecule has 102 valence electrons. The molecule has 17 heavy (non-hydrogen) atoms. The van der Waals surface area contributed by atoms with Crippen molar-refractivity contribution in [2.45, 2.75) is 30.4 Å². The highest BCUT2D eigenvalue weighted by molar-refractivity contribution is 7.46. The Balaban J connectivity index is 3.02. The molecule has 0 bridgehead atoms. The first kappa shape index (κ1) is 14.9. The summed E-state index contributed by atoms with van der Waals surface area (Å²) < 4.78 is 19.0. The lowest BCUT2D eigenvalue weighted by molar-refractivity contribution is -0.373. The third-order valence-electron chi connectivity index (χ3n) is 2.24. The molecule has 0 spiro atoms. The lowest BCUT2D eigenvalue weighted by Gasteiger charge is -2.45. The van der Waals surface area contributed by atoms with Crippen molar-refractivity contribution in [1.29, 1.82) is 0 Å². The number of ether oxygens (including phenoxy) is 1. The van der Waals surface area contributed by atoms with Gasteiger partial charge in [0.25, 0.3) is 0 Å². The SMILES string of the molecule is O=P(O)(O)O[C@]1(O)[C@@H](CO)O[C@H](O)[C@H](O)[C@@H]1O. The summed E-state index contributed by atoms with van der Waals surface area (Å²) >= 11 is 0. The van der Waals surface area contributed by atoms with Gasteiger partial charge < -0.3 is 40.1 Å². The fraction of sp³-hybridized carbons (Fsp3) is 1.00. The highest BCUT2D eigenvalue weighted by Gasteiger charge is 2.58. The fourth-order valence-electron chi connectivity index (χ4n) is 1.41. The summed E-state index contributed by atoms with van der Waals surface area (Å²) in [5, 5.41) is 46.2. The summed E-state index contributed by atoms with van der Waals surface area (Å²) in [6.45, 7) is -1.02. The lowest BCUT2D eigenvalue weighted by atomic mass is 9.95. The van der Waals surface area contributed by atoms with E-state index >= 15 is 0 Å². The molecule has 0 aromatic rings. The van der Waals surface area contributed by atoms with Crippen molar-refractivity contribution in [3.05, 3.63) is 0 Å². The Morgan fingerprint density at radius 2 is 1.82 bits per heavy atom. The van der Waals surface area contributed by atoms with E-state index in [1.807, 2.05) is 0 Å². The predicted octanol–water partition coefficient (Wildman–Crippen LogP) is -3.78. The molecule has 7 N–H and O–H groups in total. The zero-order valence-electron chi connectivity index (χ0n) is 8.32. The van der Waals surface area contributed by atoms with Crippen LogP contribution in [0.3, 0.4) is 0 Å². The van der Waals surface area contributed by atoms with Crippen molar-refractivity contribution in [3.63, 3.8) is 0 Å². The minimum absolute atomic E-state index is 1.02. The number of aliphatic hydroxyl groups is 5. The second kappa shape index (κ2) is 4.86. The minimum Gasteiger partial charge on any atom is -0.393 e. The largest absolute Gasteiger partial charge is 0.472 e. The molecular formula is C6H13O10P. The van der Waals surface area contributed by atoms with Crippen LogP contribution in [0.15, 0.2) is 0 Å². The first-order chi connectivity index (χ1) is 7.62. The molecule has 0 aromatic carbocycles. The average molecular weight is 276 g/mol. The molecule has 0 aromatic heterocycles. The Bertz CT molecular complexity index is 312. The van der Waals surface area contributed by atoms with Gasteiger partial charge in [-0.05, 0) is 0 Å². The molecule has 1 heterocycles. The maximum absolute atomic E-state index is 10.6. The lowest BCUT2D eigenvalue weighted by Crippen LogP contribution is -2.67. The summed E-state index contributed by atoms with van der Waals surface area (Å²) in [7, 11) is -5.23. The van der Waals surface area contributed by atoms with Crippen molar-refractivity contribution in [2.24, 2.45) is 0 Å². The summed E-state index contributed by atoms with van der Waals surface area (Å²) in [5.41, 5.74) is 0. The molecule has 0 saturated carbocycles. The van der Waals surface area contributed by atoms with E-state index in [4.69, 9.17) is 20.0 Å². The van der Waals surface area contributed by atoms with Crippen LogP contribution in [0.1, 0.15) is 0 Å². The van der Waals surface area contributed by atoms with Gasteiger partial charge in [0.05, 0.1) is 6.61 Å². The van der Waals surface area contributed by atoms with Gasteiger partial charge in [-0.25, -0.2) is 9.09 Å². The van der Waals surface area contributed by atoms with Crippen LogP contribution in [-0.4, -0.2) is 72.3 Å². The van der Waals surface area contributed by atoms with Gasteiger partial charge in [0.2, 0.25) is 5.79 Å². The third-order valence-corrected chi connectivity index (χ3v) is 2.77. The maximum atomic E-state index is 10.6. The quantitative estimate of drug-likeness (QED) is 0.200.